The zero-order chi connectivity index (χ0) is 27.6. The molecule has 1 aliphatic rings. The fraction of sp³-hybridized carbons (Fsp3) is 0.143. The number of carboxylic acid groups (broad SMARTS) is 1. The molecule has 0 bridgehead atoms. The maximum atomic E-state index is 14.5. The first-order valence-electron chi connectivity index (χ1n) is 10.8. The number of hydrogen-bond acceptors (Lipinski definition) is 9. The number of fused-ring (bicyclic) bond motifs is 1. The van der Waals surface area contributed by atoms with Crippen LogP contribution in [0.1, 0.15) is 38.1 Å². The first-order chi connectivity index (χ1) is 18.0. The second-order valence-electron chi connectivity index (χ2n) is 8.05. The van der Waals surface area contributed by atoms with Crippen molar-refractivity contribution in [2.45, 2.75) is 18.4 Å². The van der Waals surface area contributed by atoms with Crippen molar-refractivity contribution in [3.63, 3.8) is 0 Å². The van der Waals surface area contributed by atoms with Gasteiger partial charge in [0.05, 0.1) is 23.0 Å². The molecule has 14 nitrogen and oxygen atoms in total. The lowest BCUT2D eigenvalue weighted by molar-refractivity contribution is -0.123. The van der Waals surface area contributed by atoms with Crippen molar-refractivity contribution in [3.05, 3.63) is 77.1 Å². The lowest BCUT2D eigenvalue weighted by atomic mass is 9.72. The van der Waals surface area contributed by atoms with Crippen LogP contribution in [0, 0.1) is 5.82 Å². The van der Waals surface area contributed by atoms with E-state index in [-0.39, 0.29) is 23.3 Å². The standard InChI is InChI=1S/C21H18BFN5O9P/c23-13-8-10(4-5-14(13)38(34,35)36)16(27-20(30)18-24-6-7-25-28-18)19(29)26-15-9-11-2-1-3-12(21(31)32)17(11)37-22(15)33/h1-8,15-16,33H,9H2,(H,26,29)(H,27,30)(H,31,32)(H2,34,35,36)/t15-,16?/m0/s1. The lowest BCUT2D eigenvalue weighted by Crippen LogP contribution is -2.55. The van der Waals surface area contributed by atoms with E-state index in [4.69, 9.17) is 4.65 Å². The summed E-state index contributed by atoms with van der Waals surface area (Å²) in [6, 6.07) is 5.13. The quantitative estimate of drug-likeness (QED) is 0.157. The number of carbonyl (C=O) groups excluding carboxylic acids is 2. The Labute approximate surface area is 213 Å². The number of amides is 2. The second kappa shape index (κ2) is 10.6. The molecular formula is C21H18BFN5O9P. The van der Waals surface area contributed by atoms with Gasteiger partial charge in [0.2, 0.25) is 11.7 Å². The van der Waals surface area contributed by atoms with Crippen molar-refractivity contribution in [1.82, 2.24) is 25.8 Å². The van der Waals surface area contributed by atoms with Crippen LogP contribution in [0.25, 0.3) is 0 Å². The average molecular weight is 545 g/mol. The number of aromatic carboxylic acids is 1. The van der Waals surface area contributed by atoms with Crippen LogP contribution >= 0.6 is 7.60 Å². The normalized spacial score (nSPS) is 15.6. The molecule has 3 aromatic rings. The van der Waals surface area contributed by atoms with Gasteiger partial charge in [0.15, 0.2) is 0 Å². The van der Waals surface area contributed by atoms with Crippen LogP contribution in [0.2, 0.25) is 0 Å². The molecule has 1 aliphatic heterocycles. The smallest absolute Gasteiger partial charge is 0.534 e. The SMILES string of the molecule is O=C(NC(C(=O)N[C@H]1Cc2cccc(C(=O)O)c2OB1O)c1ccc(P(=O)(O)O)c(F)c1)c1nccnn1. The molecule has 0 aliphatic carbocycles. The number of nitrogens with zero attached hydrogens (tertiary/aromatic N) is 3. The van der Waals surface area contributed by atoms with Crippen LogP contribution in [-0.2, 0) is 15.8 Å². The summed E-state index contributed by atoms with van der Waals surface area (Å²) in [5.41, 5.74) is -0.00957. The second-order valence-corrected chi connectivity index (χ2v) is 9.62. The molecule has 6 N–H and O–H groups in total. The summed E-state index contributed by atoms with van der Waals surface area (Å²) in [5, 5.41) is 30.7. The van der Waals surface area contributed by atoms with E-state index in [1.165, 1.54) is 24.5 Å². The number of benzene rings is 2. The van der Waals surface area contributed by atoms with Gasteiger partial charge in [-0.05, 0) is 35.7 Å². The highest BCUT2D eigenvalue weighted by atomic mass is 31.2. The van der Waals surface area contributed by atoms with Gasteiger partial charge < -0.3 is 35.2 Å². The van der Waals surface area contributed by atoms with Crippen molar-refractivity contribution in [2.24, 2.45) is 0 Å². The number of nitrogens with one attached hydrogen (secondary N) is 2. The number of para-hydroxylation sites is 1. The number of hydrogen-bond donors (Lipinski definition) is 6. The van der Waals surface area contributed by atoms with E-state index in [9.17, 15) is 43.3 Å². The summed E-state index contributed by atoms with van der Waals surface area (Å²) in [4.78, 5) is 59.7. The zero-order valence-electron chi connectivity index (χ0n) is 19.1. The minimum Gasteiger partial charge on any atom is -0.534 e. The Bertz CT molecular complexity index is 1460. The number of rotatable bonds is 7. The monoisotopic (exact) mass is 545 g/mol. The minimum atomic E-state index is -4.97. The Morgan fingerprint density at radius 1 is 1.18 bits per heavy atom. The first-order valence-corrected chi connectivity index (χ1v) is 12.4. The molecule has 0 spiro atoms. The van der Waals surface area contributed by atoms with Crippen LogP contribution in [0.3, 0.4) is 0 Å². The number of carbonyl (C=O) groups is 3. The summed E-state index contributed by atoms with van der Waals surface area (Å²) in [5.74, 6) is -6.15. The number of carboxylic acids is 1. The molecule has 38 heavy (non-hydrogen) atoms. The third-order valence-electron chi connectivity index (χ3n) is 5.52. The topological polar surface area (TPSA) is 221 Å². The van der Waals surface area contributed by atoms with Crippen LogP contribution in [0.15, 0.2) is 48.8 Å². The van der Waals surface area contributed by atoms with Gasteiger partial charge >= 0.3 is 20.7 Å². The van der Waals surface area contributed by atoms with E-state index >= 15 is 0 Å². The summed E-state index contributed by atoms with van der Waals surface area (Å²) in [7, 11) is -6.65. The van der Waals surface area contributed by atoms with E-state index in [1.807, 2.05) is 0 Å². The summed E-state index contributed by atoms with van der Waals surface area (Å²) >= 11 is 0. The third-order valence-corrected chi connectivity index (χ3v) is 6.51. The Morgan fingerprint density at radius 2 is 1.95 bits per heavy atom. The fourth-order valence-corrected chi connectivity index (χ4v) is 4.38. The van der Waals surface area contributed by atoms with E-state index in [0.717, 1.165) is 12.1 Å². The highest BCUT2D eigenvalue weighted by molar-refractivity contribution is 7.60. The molecule has 17 heteroatoms. The van der Waals surface area contributed by atoms with Crippen molar-refractivity contribution < 1.29 is 47.9 Å². The van der Waals surface area contributed by atoms with Crippen LogP contribution in [0.5, 0.6) is 5.75 Å². The van der Waals surface area contributed by atoms with Gasteiger partial charge in [-0.1, -0.05) is 18.2 Å². The molecule has 2 amide bonds. The van der Waals surface area contributed by atoms with Gasteiger partial charge in [0.25, 0.3) is 5.91 Å². The molecule has 0 saturated heterocycles. The Morgan fingerprint density at radius 3 is 2.58 bits per heavy atom. The van der Waals surface area contributed by atoms with Crippen LogP contribution in [0.4, 0.5) is 4.39 Å². The van der Waals surface area contributed by atoms with Crippen LogP contribution in [-0.4, -0.2) is 65.9 Å². The van der Waals surface area contributed by atoms with Gasteiger partial charge in [-0.2, -0.15) is 5.10 Å². The van der Waals surface area contributed by atoms with E-state index < -0.39 is 61.4 Å². The summed E-state index contributed by atoms with van der Waals surface area (Å²) in [6.07, 6.45) is 2.32. The maximum Gasteiger partial charge on any atom is 0.547 e. The zero-order valence-corrected chi connectivity index (χ0v) is 19.9. The average Bonchev–Trinajstić information content (AvgIpc) is 2.86. The predicted molar refractivity (Wildman–Crippen MR) is 126 cm³/mol. The summed E-state index contributed by atoms with van der Waals surface area (Å²) < 4.78 is 31.4. The van der Waals surface area contributed by atoms with Gasteiger partial charge in [-0.3, -0.25) is 14.2 Å². The van der Waals surface area contributed by atoms with Gasteiger partial charge in [-0.25, -0.2) is 14.2 Å². The highest BCUT2D eigenvalue weighted by Crippen LogP contribution is 2.35. The van der Waals surface area contributed by atoms with Crippen molar-refractivity contribution >= 4 is 37.8 Å². The lowest BCUT2D eigenvalue weighted by Gasteiger charge is -2.30. The molecule has 2 heterocycles. The molecule has 2 atom stereocenters. The molecule has 4 rings (SSSR count). The molecule has 196 valence electrons. The molecule has 0 fully saturated rings. The molecule has 0 saturated carbocycles. The van der Waals surface area contributed by atoms with E-state index in [1.54, 1.807) is 6.07 Å². The van der Waals surface area contributed by atoms with E-state index in [2.05, 4.69) is 25.8 Å². The third kappa shape index (κ3) is 5.68. The van der Waals surface area contributed by atoms with Gasteiger partial charge in [0.1, 0.15) is 17.6 Å². The largest absolute Gasteiger partial charge is 0.547 e. The van der Waals surface area contributed by atoms with Crippen molar-refractivity contribution in [2.75, 3.05) is 0 Å². The Kier molecular flexibility index (Phi) is 7.50. The molecule has 1 aromatic heterocycles. The predicted octanol–water partition coefficient (Wildman–Crippen LogP) is -0.877. The highest BCUT2D eigenvalue weighted by Gasteiger charge is 2.39. The van der Waals surface area contributed by atoms with Gasteiger partial charge in [0, 0.05) is 6.20 Å². The molecule has 2 aromatic carbocycles. The molecule has 1 unspecified atom stereocenters. The Balaban J connectivity index is 1.63. The van der Waals surface area contributed by atoms with Gasteiger partial charge in [-0.15, -0.1) is 5.10 Å². The molecule has 0 radical (unpaired) electrons. The Hall–Kier alpha value is -4.24. The minimum absolute atomic E-state index is 0.0543. The van der Waals surface area contributed by atoms with E-state index in [0.29, 0.717) is 11.6 Å². The molecular weight excluding hydrogens is 527 g/mol. The summed E-state index contributed by atoms with van der Waals surface area (Å²) in [6.45, 7) is 0. The fourth-order valence-electron chi connectivity index (χ4n) is 3.77. The van der Waals surface area contributed by atoms with Crippen molar-refractivity contribution in [3.8, 4) is 5.75 Å². The van der Waals surface area contributed by atoms with Crippen LogP contribution < -0.4 is 20.6 Å². The number of halogens is 1. The maximum absolute atomic E-state index is 14.5. The van der Waals surface area contributed by atoms with Crippen molar-refractivity contribution in [1.29, 1.82) is 0 Å². The first kappa shape index (κ1) is 26.8. The number of aromatic nitrogens is 3.